The molecule has 0 aliphatic rings. The van der Waals surface area contributed by atoms with E-state index in [1.165, 1.54) is 6.07 Å². The molecule has 1 aromatic heterocycles. The maximum atomic E-state index is 14.3. The predicted octanol–water partition coefficient (Wildman–Crippen LogP) is 3.20. The molecule has 2 aromatic rings. The molecular weight excluding hydrogens is 433 g/mol. The minimum Gasteiger partial charge on any atom is -0.394 e. The van der Waals surface area contributed by atoms with Crippen molar-refractivity contribution in [1.82, 2.24) is 15.0 Å². The van der Waals surface area contributed by atoms with Gasteiger partial charge in [-0.2, -0.15) is 15.0 Å². The molecule has 2 atom stereocenters. The smallest absolute Gasteiger partial charge is 0.241 e. The molecule has 0 unspecified atom stereocenters. The second-order valence-electron chi connectivity index (χ2n) is 7.70. The van der Waals surface area contributed by atoms with Gasteiger partial charge in [-0.3, -0.25) is 4.72 Å². The molecule has 0 saturated heterocycles. The maximum Gasteiger partial charge on any atom is 0.241 e. The third-order valence-electron chi connectivity index (χ3n) is 4.25. The highest BCUT2D eigenvalue weighted by molar-refractivity contribution is 7.91. The van der Waals surface area contributed by atoms with Crippen molar-refractivity contribution in [3.63, 3.8) is 0 Å². The van der Waals surface area contributed by atoms with Gasteiger partial charge in [-0.05, 0) is 36.0 Å². The average molecular weight is 460 g/mol. The Hall–Kier alpha value is -2.04. The summed E-state index contributed by atoms with van der Waals surface area (Å²) < 4.78 is 39.8. The van der Waals surface area contributed by atoms with Crippen LogP contribution in [0, 0.1) is 11.7 Å². The highest BCUT2D eigenvalue weighted by Crippen LogP contribution is 2.25. The van der Waals surface area contributed by atoms with E-state index in [9.17, 15) is 17.9 Å². The first-order valence-corrected chi connectivity index (χ1v) is 11.8. The van der Waals surface area contributed by atoms with Crippen LogP contribution in [0.3, 0.4) is 0 Å². The molecule has 0 fully saturated rings. The topological polar surface area (TPSA) is 117 Å². The van der Waals surface area contributed by atoms with E-state index in [2.05, 4.69) is 25.0 Å². The molecular formula is C19H27ClFN5O3S. The maximum absolute atomic E-state index is 14.3. The van der Waals surface area contributed by atoms with Crippen LogP contribution in [0.2, 0.25) is 5.02 Å². The summed E-state index contributed by atoms with van der Waals surface area (Å²) in [4.78, 5) is 12.6. The van der Waals surface area contributed by atoms with Crippen LogP contribution in [-0.4, -0.2) is 47.4 Å². The molecule has 1 heterocycles. The SMILES string of the molecule is CC(C)C[C@H](CO)Nc1nc(C[C@@H](C)c2ccc(Cl)cc2F)nc(NS(C)(=O)=O)n1. The van der Waals surface area contributed by atoms with E-state index in [1.54, 1.807) is 12.1 Å². The Labute approximate surface area is 181 Å². The Morgan fingerprint density at radius 1 is 1.17 bits per heavy atom. The molecule has 8 nitrogen and oxygen atoms in total. The zero-order chi connectivity index (χ0) is 22.5. The monoisotopic (exact) mass is 459 g/mol. The van der Waals surface area contributed by atoms with Gasteiger partial charge in [-0.1, -0.05) is 38.4 Å². The quantitative estimate of drug-likeness (QED) is 0.499. The van der Waals surface area contributed by atoms with Crippen molar-refractivity contribution >= 4 is 33.5 Å². The van der Waals surface area contributed by atoms with Crippen LogP contribution in [-0.2, 0) is 16.4 Å². The Bertz CT molecular complexity index is 975. The van der Waals surface area contributed by atoms with E-state index in [1.807, 2.05) is 20.8 Å². The fourth-order valence-electron chi connectivity index (χ4n) is 3.00. The summed E-state index contributed by atoms with van der Waals surface area (Å²) in [5.74, 6) is -0.147. The molecule has 3 N–H and O–H groups in total. The van der Waals surface area contributed by atoms with Crippen LogP contribution in [0.1, 0.15) is 44.5 Å². The molecule has 2 rings (SSSR count). The van der Waals surface area contributed by atoms with Gasteiger partial charge in [-0.15, -0.1) is 0 Å². The largest absolute Gasteiger partial charge is 0.394 e. The number of aromatic nitrogens is 3. The van der Waals surface area contributed by atoms with Gasteiger partial charge in [0.25, 0.3) is 0 Å². The lowest BCUT2D eigenvalue weighted by Crippen LogP contribution is -2.27. The fraction of sp³-hybridized carbons (Fsp3) is 0.526. The van der Waals surface area contributed by atoms with E-state index in [0.29, 0.717) is 22.9 Å². The van der Waals surface area contributed by atoms with E-state index in [0.717, 1.165) is 6.26 Å². The lowest BCUT2D eigenvalue weighted by atomic mass is 9.97. The molecule has 11 heteroatoms. The molecule has 0 amide bonds. The van der Waals surface area contributed by atoms with Crippen LogP contribution < -0.4 is 10.0 Å². The van der Waals surface area contributed by atoms with Crippen LogP contribution in [0.5, 0.6) is 0 Å². The normalized spacial score (nSPS) is 13.9. The van der Waals surface area contributed by atoms with E-state index >= 15 is 0 Å². The van der Waals surface area contributed by atoms with Crippen molar-refractivity contribution in [2.75, 3.05) is 22.9 Å². The molecule has 0 aliphatic heterocycles. The van der Waals surface area contributed by atoms with Gasteiger partial charge in [-0.25, -0.2) is 12.8 Å². The fourth-order valence-corrected chi connectivity index (χ4v) is 3.58. The summed E-state index contributed by atoms with van der Waals surface area (Å²) in [6, 6.07) is 4.13. The number of hydrogen-bond donors (Lipinski definition) is 3. The number of hydrogen-bond acceptors (Lipinski definition) is 7. The Morgan fingerprint density at radius 3 is 2.40 bits per heavy atom. The Balaban J connectivity index is 2.33. The van der Waals surface area contributed by atoms with Gasteiger partial charge >= 0.3 is 0 Å². The van der Waals surface area contributed by atoms with Crippen LogP contribution >= 0.6 is 11.6 Å². The molecule has 0 aliphatic carbocycles. The third-order valence-corrected chi connectivity index (χ3v) is 5.04. The van der Waals surface area contributed by atoms with E-state index in [-0.39, 0.29) is 42.7 Å². The van der Waals surface area contributed by atoms with Crippen LogP contribution in [0.15, 0.2) is 18.2 Å². The standard InChI is InChI=1S/C19H27ClFN5O3S/c1-11(2)7-14(10-27)22-18-23-17(24-19(25-18)26-30(4,28)29)8-12(3)15-6-5-13(20)9-16(15)21/h5-6,9,11-12,14,27H,7-8,10H2,1-4H3,(H2,22,23,24,25,26)/t12-,14-/m1/s1. The Morgan fingerprint density at radius 2 is 1.83 bits per heavy atom. The minimum atomic E-state index is -3.61. The van der Waals surface area contributed by atoms with Crippen molar-refractivity contribution in [1.29, 1.82) is 0 Å². The lowest BCUT2D eigenvalue weighted by Gasteiger charge is -2.19. The number of nitrogens with one attached hydrogen (secondary N) is 2. The van der Waals surface area contributed by atoms with Crippen LogP contribution in [0.4, 0.5) is 16.3 Å². The summed E-state index contributed by atoms with van der Waals surface area (Å²) in [5, 5.41) is 12.9. The first-order chi connectivity index (χ1) is 14.0. The van der Waals surface area contributed by atoms with Gasteiger partial charge in [0.05, 0.1) is 18.9 Å². The summed E-state index contributed by atoms with van der Waals surface area (Å²) in [5.41, 5.74) is 0.444. The van der Waals surface area contributed by atoms with Gasteiger partial charge in [0.15, 0.2) is 0 Å². The molecule has 0 bridgehead atoms. The van der Waals surface area contributed by atoms with Gasteiger partial charge in [0, 0.05) is 11.4 Å². The first kappa shape index (κ1) is 24.2. The predicted molar refractivity (Wildman–Crippen MR) is 116 cm³/mol. The van der Waals surface area contributed by atoms with Crippen molar-refractivity contribution in [2.45, 2.75) is 45.6 Å². The highest BCUT2D eigenvalue weighted by atomic mass is 35.5. The van der Waals surface area contributed by atoms with Gasteiger partial charge in [0.1, 0.15) is 11.6 Å². The number of sulfonamides is 1. The summed E-state index contributed by atoms with van der Waals surface area (Å²) in [6.45, 7) is 5.70. The average Bonchev–Trinajstić information content (AvgIpc) is 2.58. The number of rotatable bonds is 10. The molecule has 0 saturated carbocycles. The number of anilines is 2. The zero-order valence-electron chi connectivity index (χ0n) is 17.4. The molecule has 0 radical (unpaired) electrons. The number of aliphatic hydroxyl groups excluding tert-OH is 1. The second kappa shape index (κ2) is 10.3. The molecule has 30 heavy (non-hydrogen) atoms. The number of benzene rings is 1. The van der Waals surface area contributed by atoms with Crippen molar-refractivity contribution < 1.29 is 17.9 Å². The number of aliphatic hydroxyl groups is 1. The first-order valence-electron chi connectivity index (χ1n) is 9.52. The minimum absolute atomic E-state index is 0.134. The number of halogens is 2. The summed E-state index contributed by atoms with van der Waals surface area (Å²) >= 11 is 5.82. The molecule has 1 aromatic carbocycles. The second-order valence-corrected chi connectivity index (χ2v) is 9.88. The molecule has 0 spiro atoms. The van der Waals surface area contributed by atoms with E-state index < -0.39 is 15.8 Å². The van der Waals surface area contributed by atoms with Crippen molar-refractivity contribution in [2.24, 2.45) is 5.92 Å². The highest BCUT2D eigenvalue weighted by Gasteiger charge is 2.18. The van der Waals surface area contributed by atoms with Gasteiger partial charge < -0.3 is 10.4 Å². The lowest BCUT2D eigenvalue weighted by molar-refractivity contribution is 0.259. The zero-order valence-corrected chi connectivity index (χ0v) is 18.9. The third kappa shape index (κ3) is 7.66. The van der Waals surface area contributed by atoms with Crippen LogP contribution in [0.25, 0.3) is 0 Å². The van der Waals surface area contributed by atoms with E-state index in [4.69, 9.17) is 11.6 Å². The van der Waals surface area contributed by atoms with Crippen molar-refractivity contribution in [3.8, 4) is 0 Å². The molecule has 166 valence electrons. The van der Waals surface area contributed by atoms with Crippen molar-refractivity contribution in [3.05, 3.63) is 40.4 Å². The Kier molecular flexibility index (Phi) is 8.34. The summed E-state index contributed by atoms with van der Waals surface area (Å²) in [6.07, 6.45) is 1.89. The summed E-state index contributed by atoms with van der Waals surface area (Å²) in [7, 11) is -3.61. The van der Waals surface area contributed by atoms with Gasteiger partial charge in [0.2, 0.25) is 21.9 Å². The number of nitrogens with zero attached hydrogens (tertiary/aromatic N) is 3.